The summed E-state index contributed by atoms with van der Waals surface area (Å²) in [5.41, 5.74) is 0.822. The molecule has 1 aromatic carbocycles. The highest BCUT2D eigenvalue weighted by Gasteiger charge is 2.18. The molecular weight excluding hydrogens is 290 g/mol. The Hall–Kier alpha value is -1.68. The van der Waals surface area contributed by atoms with Crippen LogP contribution in [0.1, 0.15) is 37.7 Å². The first kappa shape index (κ1) is 14.3. The molecule has 0 spiro atoms. The number of rotatable bonds is 3. The minimum Gasteiger partial charge on any atom is -0.454 e. The van der Waals surface area contributed by atoms with Crippen LogP contribution in [0, 0.1) is 0 Å². The number of benzene rings is 1. The van der Waals surface area contributed by atoms with E-state index in [0.717, 1.165) is 18.4 Å². The molecule has 0 bridgehead atoms. The quantitative estimate of drug-likeness (QED) is 0.869. The number of amides is 1. The van der Waals surface area contributed by atoms with Gasteiger partial charge in [0.15, 0.2) is 11.5 Å². The Balaban J connectivity index is 1.63. The lowest BCUT2D eigenvalue weighted by Crippen LogP contribution is -2.34. The Bertz CT molecular complexity index is 565. The third kappa shape index (κ3) is 3.50. The van der Waals surface area contributed by atoms with Crippen molar-refractivity contribution in [3.8, 4) is 11.5 Å². The van der Waals surface area contributed by atoms with Crippen molar-refractivity contribution >= 4 is 23.6 Å². The fourth-order valence-corrected chi connectivity index (χ4v) is 3.03. The van der Waals surface area contributed by atoms with E-state index in [1.807, 2.05) is 6.07 Å². The van der Waals surface area contributed by atoms with Gasteiger partial charge < -0.3 is 14.8 Å². The maximum absolute atomic E-state index is 11.9. The first-order valence-electron chi connectivity index (χ1n) is 7.30. The van der Waals surface area contributed by atoms with Crippen LogP contribution >= 0.6 is 11.6 Å². The van der Waals surface area contributed by atoms with Crippen LogP contribution in [-0.4, -0.2) is 18.7 Å². The van der Waals surface area contributed by atoms with Crippen LogP contribution in [0.25, 0.3) is 6.08 Å². The molecule has 112 valence electrons. The molecule has 1 aliphatic carbocycles. The van der Waals surface area contributed by atoms with Crippen LogP contribution in [-0.2, 0) is 4.79 Å². The van der Waals surface area contributed by atoms with Gasteiger partial charge in [-0.3, -0.25) is 4.79 Å². The molecule has 4 nitrogen and oxygen atoms in total. The first-order valence-corrected chi connectivity index (χ1v) is 7.68. The minimum absolute atomic E-state index is 0.0595. The number of carbonyl (C=O) groups is 1. The summed E-state index contributed by atoms with van der Waals surface area (Å²) >= 11 is 6.11. The maximum Gasteiger partial charge on any atom is 0.244 e. The highest BCUT2D eigenvalue weighted by molar-refractivity contribution is 6.32. The largest absolute Gasteiger partial charge is 0.454 e. The van der Waals surface area contributed by atoms with Crippen LogP contribution in [0.2, 0.25) is 5.02 Å². The molecule has 1 fully saturated rings. The predicted molar refractivity (Wildman–Crippen MR) is 81.6 cm³/mol. The van der Waals surface area contributed by atoms with Gasteiger partial charge in [0.2, 0.25) is 12.7 Å². The summed E-state index contributed by atoms with van der Waals surface area (Å²) in [6.07, 6.45) is 9.12. The molecule has 0 saturated heterocycles. The average Bonchev–Trinajstić information content (AvgIpc) is 2.95. The van der Waals surface area contributed by atoms with Gasteiger partial charge in [-0.15, -0.1) is 0 Å². The van der Waals surface area contributed by atoms with E-state index in [1.165, 1.54) is 19.3 Å². The number of nitrogens with one attached hydrogen (secondary N) is 1. The second-order valence-corrected chi connectivity index (χ2v) is 5.82. The van der Waals surface area contributed by atoms with Crippen molar-refractivity contribution < 1.29 is 14.3 Å². The van der Waals surface area contributed by atoms with Gasteiger partial charge in [0.05, 0.1) is 5.02 Å². The zero-order valence-corrected chi connectivity index (χ0v) is 12.5. The zero-order chi connectivity index (χ0) is 14.7. The van der Waals surface area contributed by atoms with Crippen molar-refractivity contribution in [2.75, 3.05) is 6.79 Å². The highest BCUT2D eigenvalue weighted by atomic mass is 35.5. The van der Waals surface area contributed by atoms with E-state index in [0.29, 0.717) is 22.6 Å². The summed E-state index contributed by atoms with van der Waals surface area (Å²) in [4.78, 5) is 11.9. The van der Waals surface area contributed by atoms with Crippen LogP contribution < -0.4 is 14.8 Å². The van der Waals surface area contributed by atoms with Crippen molar-refractivity contribution in [2.45, 2.75) is 38.1 Å². The van der Waals surface area contributed by atoms with Crippen LogP contribution in [0.3, 0.4) is 0 Å². The normalized spacial score (nSPS) is 18.1. The molecule has 3 rings (SSSR count). The molecule has 0 unspecified atom stereocenters. The topological polar surface area (TPSA) is 47.6 Å². The zero-order valence-electron chi connectivity index (χ0n) is 11.7. The molecule has 0 atom stereocenters. The lowest BCUT2D eigenvalue weighted by Gasteiger charge is -2.21. The van der Waals surface area contributed by atoms with E-state index in [9.17, 15) is 4.79 Å². The standard InChI is InChI=1S/C16H18ClNO3/c17-13-8-11(9-14-16(13)21-10-20-14)6-7-15(19)18-12-4-2-1-3-5-12/h6-9,12H,1-5,10H2,(H,18,19)/b7-6+. The van der Waals surface area contributed by atoms with Crippen molar-refractivity contribution in [2.24, 2.45) is 0 Å². The SMILES string of the molecule is O=C(/C=C/c1cc(Cl)c2c(c1)OCO2)NC1CCCCC1. The van der Waals surface area contributed by atoms with Gasteiger partial charge >= 0.3 is 0 Å². The number of fused-ring (bicyclic) bond motifs is 1. The second-order valence-electron chi connectivity index (χ2n) is 5.41. The molecule has 1 aliphatic heterocycles. The number of hydrogen-bond donors (Lipinski definition) is 1. The fraction of sp³-hybridized carbons (Fsp3) is 0.438. The number of hydrogen-bond acceptors (Lipinski definition) is 3. The molecule has 1 aromatic rings. The number of carbonyl (C=O) groups excluding carboxylic acids is 1. The van der Waals surface area contributed by atoms with Crippen molar-refractivity contribution in [3.05, 3.63) is 28.8 Å². The second kappa shape index (κ2) is 6.39. The molecule has 1 saturated carbocycles. The van der Waals surface area contributed by atoms with Crippen LogP contribution in [0.15, 0.2) is 18.2 Å². The van der Waals surface area contributed by atoms with Gasteiger partial charge in [0.25, 0.3) is 0 Å². The monoisotopic (exact) mass is 307 g/mol. The van der Waals surface area contributed by atoms with E-state index in [4.69, 9.17) is 21.1 Å². The third-order valence-corrected chi connectivity index (χ3v) is 4.11. The summed E-state index contributed by atoms with van der Waals surface area (Å²) in [6.45, 7) is 0.185. The summed E-state index contributed by atoms with van der Waals surface area (Å²) in [5.74, 6) is 1.13. The lowest BCUT2D eigenvalue weighted by atomic mass is 9.95. The lowest BCUT2D eigenvalue weighted by molar-refractivity contribution is -0.117. The molecule has 1 amide bonds. The molecule has 0 radical (unpaired) electrons. The van der Waals surface area contributed by atoms with Gasteiger partial charge in [0.1, 0.15) is 0 Å². The number of halogens is 1. The molecule has 21 heavy (non-hydrogen) atoms. The van der Waals surface area contributed by atoms with Crippen LogP contribution in [0.5, 0.6) is 11.5 Å². The molecule has 5 heteroatoms. The van der Waals surface area contributed by atoms with Crippen molar-refractivity contribution in [3.63, 3.8) is 0 Å². The van der Waals surface area contributed by atoms with E-state index < -0.39 is 0 Å². The van der Waals surface area contributed by atoms with E-state index >= 15 is 0 Å². The van der Waals surface area contributed by atoms with Crippen LogP contribution in [0.4, 0.5) is 0 Å². The fourth-order valence-electron chi connectivity index (χ4n) is 2.75. The molecule has 2 aliphatic rings. The third-order valence-electron chi connectivity index (χ3n) is 3.83. The smallest absolute Gasteiger partial charge is 0.244 e. The number of ether oxygens (including phenoxy) is 2. The average molecular weight is 308 g/mol. The van der Waals surface area contributed by atoms with Gasteiger partial charge in [-0.25, -0.2) is 0 Å². The molecule has 1 heterocycles. The van der Waals surface area contributed by atoms with Gasteiger partial charge in [0, 0.05) is 12.1 Å². The Kier molecular flexibility index (Phi) is 4.34. The minimum atomic E-state index is -0.0595. The van der Waals surface area contributed by atoms with Gasteiger partial charge in [-0.1, -0.05) is 30.9 Å². The predicted octanol–water partition coefficient (Wildman–Crippen LogP) is 3.53. The molecule has 0 aromatic heterocycles. The van der Waals surface area contributed by atoms with Gasteiger partial charge in [-0.05, 0) is 36.6 Å². The van der Waals surface area contributed by atoms with Crippen molar-refractivity contribution in [1.29, 1.82) is 0 Å². The Morgan fingerprint density at radius 3 is 2.86 bits per heavy atom. The maximum atomic E-state index is 11.9. The Labute approximate surface area is 129 Å². The molecular formula is C16H18ClNO3. The summed E-state index contributed by atoms with van der Waals surface area (Å²) in [5, 5.41) is 3.54. The summed E-state index contributed by atoms with van der Waals surface area (Å²) < 4.78 is 10.6. The summed E-state index contributed by atoms with van der Waals surface area (Å²) in [7, 11) is 0. The first-order chi connectivity index (χ1) is 10.2. The summed E-state index contributed by atoms with van der Waals surface area (Å²) in [6, 6.07) is 3.90. The van der Waals surface area contributed by atoms with E-state index in [1.54, 1.807) is 18.2 Å². The van der Waals surface area contributed by atoms with Gasteiger partial charge in [-0.2, -0.15) is 0 Å². The van der Waals surface area contributed by atoms with E-state index in [2.05, 4.69) is 5.32 Å². The Morgan fingerprint density at radius 2 is 2.05 bits per heavy atom. The molecule has 1 N–H and O–H groups in total. The highest BCUT2D eigenvalue weighted by Crippen LogP contribution is 2.40. The van der Waals surface area contributed by atoms with E-state index in [-0.39, 0.29) is 12.7 Å². The Morgan fingerprint density at radius 1 is 1.24 bits per heavy atom. The van der Waals surface area contributed by atoms with Crippen molar-refractivity contribution in [1.82, 2.24) is 5.32 Å².